The van der Waals surface area contributed by atoms with Gasteiger partial charge in [-0.25, -0.2) is 9.97 Å². The van der Waals surface area contributed by atoms with Gasteiger partial charge in [0.25, 0.3) is 0 Å². The molecule has 0 atom stereocenters. The van der Waals surface area contributed by atoms with Gasteiger partial charge in [-0.15, -0.1) is 12.8 Å². The monoisotopic (exact) mass is 445 g/mol. The Morgan fingerprint density at radius 2 is 1.79 bits per heavy atom. The van der Waals surface area contributed by atoms with Crippen LogP contribution in [0.1, 0.15) is 25.1 Å². The van der Waals surface area contributed by atoms with Crippen LogP contribution in [0.5, 0.6) is 0 Å². The van der Waals surface area contributed by atoms with Crippen LogP contribution in [0.4, 0.5) is 0 Å². The van der Waals surface area contributed by atoms with Crippen LogP contribution in [0.25, 0.3) is 50.6 Å². The quantitative estimate of drug-likeness (QED) is 0.216. The molecular weight excluding hydrogens is 421 g/mol. The number of nitrogens with zero attached hydrogens (tertiary/aromatic N) is 3. The third kappa shape index (κ3) is 3.29. The zero-order valence-corrected chi connectivity index (χ0v) is 19.3. The average Bonchev–Trinajstić information content (AvgIpc) is 3.44. The van der Waals surface area contributed by atoms with Crippen molar-refractivity contribution in [3.05, 3.63) is 72.9 Å². The summed E-state index contributed by atoms with van der Waals surface area (Å²) in [4.78, 5) is 9.94. The number of pyridine rings is 2. The van der Waals surface area contributed by atoms with E-state index in [9.17, 15) is 0 Å². The fourth-order valence-corrected chi connectivity index (χ4v) is 4.58. The van der Waals surface area contributed by atoms with Gasteiger partial charge in [0.15, 0.2) is 0 Å². The summed E-state index contributed by atoms with van der Waals surface area (Å²) in [5, 5.41) is 1.99. The first-order chi connectivity index (χ1) is 16.5. The maximum atomic E-state index is 6.13. The number of hydrogen-bond donors (Lipinski definition) is 0. The number of para-hydroxylation sites is 2. The van der Waals surface area contributed by atoms with Gasteiger partial charge in [-0.1, -0.05) is 43.5 Å². The molecule has 5 nitrogen and oxygen atoms in total. The van der Waals surface area contributed by atoms with Crippen LogP contribution in [0.2, 0.25) is 0 Å². The Kier molecular flexibility index (Phi) is 5.25. The minimum absolute atomic E-state index is 0.306. The summed E-state index contributed by atoms with van der Waals surface area (Å²) in [5.41, 5.74) is 7.20. The van der Waals surface area contributed by atoms with E-state index in [-0.39, 0.29) is 5.60 Å². The lowest BCUT2D eigenvalue weighted by atomic mass is 9.78. The average molecular weight is 445 g/mol. The molecule has 6 heteroatoms. The number of aromatic nitrogens is 3. The number of imidazole rings is 1. The van der Waals surface area contributed by atoms with Gasteiger partial charge < -0.3 is 9.31 Å². The van der Waals surface area contributed by atoms with Gasteiger partial charge >= 0.3 is 7.12 Å². The fraction of sp³-hybridized carbons (Fsp3) is 0.143. The van der Waals surface area contributed by atoms with Crippen molar-refractivity contribution >= 4 is 63.2 Å². The molecular formula is C28H24BN3O2. The number of hydrogen-bond acceptors (Lipinski definition) is 4. The van der Waals surface area contributed by atoms with Crippen LogP contribution >= 0.6 is 0 Å². The molecule has 0 N–H and O–H groups in total. The summed E-state index contributed by atoms with van der Waals surface area (Å²) < 4.78 is 14.3. The van der Waals surface area contributed by atoms with E-state index in [1.54, 1.807) is 6.08 Å². The first-order valence-corrected chi connectivity index (χ1v) is 11.0. The molecule has 0 spiro atoms. The summed E-state index contributed by atoms with van der Waals surface area (Å²) in [5.74, 6) is 0. The van der Waals surface area contributed by atoms with Crippen molar-refractivity contribution in [2.75, 3.05) is 6.61 Å². The van der Waals surface area contributed by atoms with Gasteiger partial charge in [0.1, 0.15) is 5.65 Å². The maximum Gasteiger partial charge on any atom is 0.494 e. The van der Waals surface area contributed by atoms with E-state index in [1.807, 2.05) is 38.1 Å². The number of terminal acetylenes is 1. The van der Waals surface area contributed by atoms with Crippen LogP contribution < -0.4 is 5.46 Å². The fourth-order valence-electron chi connectivity index (χ4n) is 4.58. The van der Waals surface area contributed by atoms with E-state index in [0.717, 1.165) is 55.2 Å². The highest BCUT2D eigenvalue weighted by molar-refractivity contribution is 6.62. The van der Waals surface area contributed by atoms with Crippen LogP contribution in [-0.4, -0.2) is 33.7 Å². The molecule has 3 aromatic heterocycles. The predicted octanol–water partition coefficient (Wildman–Crippen LogP) is 5.24. The molecule has 1 fully saturated rings. The highest BCUT2D eigenvalue weighted by atomic mass is 16.7. The Balaban J connectivity index is 0.00000117. The topological polar surface area (TPSA) is 48.7 Å². The molecule has 0 unspecified atom stereocenters. The van der Waals surface area contributed by atoms with E-state index < -0.39 is 7.12 Å². The molecule has 2 aromatic carbocycles. The molecule has 0 amide bonds. The molecule has 0 saturated carbocycles. The number of fused-ring (bicyclic) bond motifs is 8. The Bertz CT molecular complexity index is 1630. The summed E-state index contributed by atoms with van der Waals surface area (Å²) >= 11 is 0. The van der Waals surface area contributed by atoms with Gasteiger partial charge in [0, 0.05) is 16.3 Å². The van der Waals surface area contributed by atoms with E-state index >= 15 is 0 Å². The molecule has 0 bridgehead atoms. The van der Waals surface area contributed by atoms with Crippen molar-refractivity contribution in [2.45, 2.75) is 19.4 Å². The lowest BCUT2D eigenvalue weighted by Gasteiger charge is -2.16. The third-order valence-electron chi connectivity index (χ3n) is 6.10. The minimum atomic E-state index is -0.397. The van der Waals surface area contributed by atoms with Gasteiger partial charge in [-0.2, -0.15) is 0 Å². The zero-order valence-electron chi connectivity index (χ0n) is 19.3. The second kappa shape index (κ2) is 8.14. The van der Waals surface area contributed by atoms with E-state index in [1.165, 1.54) is 0 Å². The highest BCUT2D eigenvalue weighted by Crippen LogP contribution is 2.33. The van der Waals surface area contributed by atoms with Crippen LogP contribution in [-0.2, 0) is 9.31 Å². The molecule has 6 rings (SSSR count). The van der Waals surface area contributed by atoms with Crippen molar-refractivity contribution in [2.24, 2.45) is 0 Å². The molecule has 0 radical (unpaired) electrons. The number of rotatable bonds is 3. The van der Waals surface area contributed by atoms with E-state index in [2.05, 4.69) is 60.7 Å². The van der Waals surface area contributed by atoms with Crippen molar-refractivity contribution in [3.8, 4) is 12.8 Å². The van der Waals surface area contributed by atoms with Gasteiger partial charge in [0.05, 0.1) is 40.0 Å². The van der Waals surface area contributed by atoms with Crippen molar-refractivity contribution in [1.82, 2.24) is 14.4 Å². The van der Waals surface area contributed by atoms with Crippen LogP contribution in [0.3, 0.4) is 0 Å². The summed E-state index contributed by atoms with van der Waals surface area (Å²) in [6, 6.07) is 16.6. The zero-order chi connectivity index (χ0) is 24.0. The Morgan fingerprint density at radius 1 is 1.00 bits per heavy atom. The van der Waals surface area contributed by atoms with Crippen molar-refractivity contribution in [1.29, 1.82) is 0 Å². The summed E-state index contributed by atoms with van der Waals surface area (Å²) in [7, 11) is -0.397. The lowest BCUT2D eigenvalue weighted by molar-refractivity contribution is 0.137. The number of benzene rings is 2. The first-order valence-electron chi connectivity index (χ1n) is 11.0. The minimum Gasteiger partial charge on any atom is -0.404 e. The third-order valence-corrected chi connectivity index (χ3v) is 6.10. The second-order valence-electron chi connectivity index (χ2n) is 8.82. The summed E-state index contributed by atoms with van der Waals surface area (Å²) in [6.07, 6.45) is 11.6. The van der Waals surface area contributed by atoms with E-state index in [0.29, 0.717) is 6.61 Å². The molecule has 1 aliphatic rings. The predicted molar refractivity (Wildman–Crippen MR) is 142 cm³/mol. The molecule has 166 valence electrons. The normalized spacial score (nSPS) is 15.0. The van der Waals surface area contributed by atoms with Crippen molar-refractivity contribution < 1.29 is 9.31 Å². The van der Waals surface area contributed by atoms with Crippen LogP contribution in [0, 0.1) is 12.8 Å². The van der Waals surface area contributed by atoms with E-state index in [4.69, 9.17) is 19.3 Å². The second-order valence-corrected chi connectivity index (χ2v) is 8.82. The largest absolute Gasteiger partial charge is 0.494 e. The highest BCUT2D eigenvalue weighted by Gasteiger charge is 2.38. The molecule has 5 aromatic rings. The van der Waals surface area contributed by atoms with Crippen LogP contribution in [0.15, 0.2) is 61.7 Å². The smallest absolute Gasteiger partial charge is 0.404 e. The standard InChI is InChI=1S/C26H22BN3O2.C2H2/c1-5-16-13-19-24(28-20(16)6-2)18-14-17(27-31-15-26(3,4)32-27)11-12-22(18)30-23-10-8-7-9-21(23)29-25(19)30;1-2/h5-14H,1-2,15H2,3-4H3;1-2H. The molecule has 1 saturated heterocycles. The molecule has 34 heavy (non-hydrogen) atoms. The van der Waals surface area contributed by atoms with Gasteiger partial charge in [-0.3, -0.25) is 4.40 Å². The lowest BCUT2D eigenvalue weighted by Crippen LogP contribution is -2.34. The SMILES string of the molecule is C#C.C=Cc1cc2c(nc1C=C)c1cc(B3OCC(C)(C)O3)ccc1n1c3ccccc3nc21. The molecule has 1 aliphatic heterocycles. The molecule has 0 aliphatic carbocycles. The Hall–Kier alpha value is -3.92. The van der Waals surface area contributed by atoms with Gasteiger partial charge in [-0.05, 0) is 49.7 Å². The van der Waals surface area contributed by atoms with Crippen molar-refractivity contribution in [3.63, 3.8) is 0 Å². The first kappa shape index (κ1) is 21.9. The Labute approximate surface area is 198 Å². The summed E-state index contributed by atoms with van der Waals surface area (Å²) in [6.45, 7) is 12.6. The Morgan fingerprint density at radius 3 is 2.50 bits per heavy atom. The molecule has 4 heterocycles. The maximum absolute atomic E-state index is 6.13. The van der Waals surface area contributed by atoms with Gasteiger partial charge in [0.2, 0.25) is 0 Å².